The maximum atomic E-state index is 13.1. The highest BCUT2D eigenvalue weighted by Crippen LogP contribution is 2.29. The average molecular weight is 386 g/mol. The number of imide groups is 1. The summed E-state index contributed by atoms with van der Waals surface area (Å²) in [6, 6.07) is 9.61. The number of likely N-dealkylation sites (tertiary alicyclic amines) is 1. The summed E-state index contributed by atoms with van der Waals surface area (Å²) in [6.07, 6.45) is 2.18. The Balaban J connectivity index is 1.66. The molecule has 0 saturated carbocycles. The first kappa shape index (κ1) is 20.3. The summed E-state index contributed by atoms with van der Waals surface area (Å²) in [4.78, 5) is 41.2. The van der Waals surface area contributed by atoms with Crippen molar-refractivity contribution in [1.29, 1.82) is 0 Å². The number of piperidine rings is 1. The molecule has 4 amide bonds. The maximum Gasteiger partial charge on any atom is 0.325 e. The van der Waals surface area contributed by atoms with E-state index >= 15 is 0 Å². The van der Waals surface area contributed by atoms with Crippen LogP contribution in [0.2, 0.25) is 0 Å². The van der Waals surface area contributed by atoms with Gasteiger partial charge >= 0.3 is 6.03 Å². The van der Waals surface area contributed by atoms with Crippen LogP contribution in [0.4, 0.5) is 4.79 Å². The normalized spacial score (nSPS) is 23.2. The summed E-state index contributed by atoms with van der Waals surface area (Å²) in [5.41, 5.74) is -0.120. The minimum absolute atomic E-state index is 0.242. The van der Waals surface area contributed by atoms with Gasteiger partial charge in [-0.1, -0.05) is 37.3 Å². The van der Waals surface area contributed by atoms with Crippen LogP contribution in [0.5, 0.6) is 0 Å². The van der Waals surface area contributed by atoms with E-state index < -0.39 is 11.6 Å². The smallest absolute Gasteiger partial charge is 0.325 e. The van der Waals surface area contributed by atoms with E-state index in [0.717, 1.165) is 30.8 Å². The van der Waals surface area contributed by atoms with Crippen LogP contribution < -0.4 is 10.6 Å². The van der Waals surface area contributed by atoms with Crippen LogP contribution >= 0.6 is 0 Å². The van der Waals surface area contributed by atoms with Gasteiger partial charge in [-0.2, -0.15) is 0 Å². The fourth-order valence-corrected chi connectivity index (χ4v) is 3.87. The molecule has 7 nitrogen and oxygen atoms in total. The molecule has 0 aliphatic carbocycles. The van der Waals surface area contributed by atoms with Crippen LogP contribution in [0.25, 0.3) is 0 Å². The molecule has 2 N–H and O–H groups in total. The molecule has 2 saturated heterocycles. The average Bonchev–Trinajstić information content (AvgIpc) is 2.86. The quantitative estimate of drug-likeness (QED) is 0.732. The Morgan fingerprint density at radius 3 is 2.64 bits per heavy atom. The van der Waals surface area contributed by atoms with E-state index in [4.69, 9.17) is 0 Å². The summed E-state index contributed by atoms with van der Waals surface area (Å²) in [7, 11) is 0. The van der Waals surface area contributed by atoms with Crippen molar-refractivity contribution in [1.82, 2.24) is 20.4 Å². The molecule has 2 aliphatic heterocycles. The largest absolute Gasteiger partial charge is 0.350 e. The summed E-state index contributed by atoms with van der Waals surface area (Å²) in [5, 5.41) is 5.77. The van der Waals surface area contributed by atoms with Gasteiger partial charge < -0.3 is 10.6 Å². The third-order valence-corrected chi connectivity index (χ3v) is 5.73. The SMILES string of the molecule is CCC(C)(C)NC(=O)CN1C(=O)NC2(CCCN(Cc3ccccc3)C2)C1=O. The van der Waals surface area contributed by atoms with E-state index in [2.05, 4.69) is 27.7 Å². The highest BCUT2D eigenvalue weighted by atomic mass is 16.2. The van der Waals surface area contributed by atoms with Crippen molar-refractivity contribution in [2.75, 3.05) is 19.6 Å². The monoisotopic (exact) mass is 386 g/mol. The van der Waals surface area contributed by atoms with Gasteiger partial charge in [0.25, 0.3) is 5.91 Å². The second-order valence-electron chi connectivity index (χ2n) is 8.49. The molecule has 28 heavy (non-hydrogen) atoms. The van der Waals surface area contributed by atoms with Crippen molar-refractivity contribution < 1.29 is 14.4 Å². The summed E-state index contributed by atoms with van der Waals surface area (Å²) >= 11 is 0. The molecule has 3 rings (SSSR count). The molecule has 7 heteroatoms. The highest BCUT2D eigenvalue weighted by molar-refractivity contribution is 6.09. The Bertz CT molecular complexity index is 749. The number of nitrogens with one attached hydrogen (secondary N) is 2. The van der Waals surface area contributed by atoms with E-state index in [9.17, 15) is 14.4 Å². The molecule has 152 valence electrons. The number of benzene rings is 1. The number of amides is 4. The van der Waals surface area contributed by atoms with Gasteiger partial charge in [-0.3, -0.25) is 19.4 Å². The van der Waals surface area contributed by atoms with E-state index in [-0.39, 0.29) is 23.9 Å². The lowest BCUT2D eigenvalue weighted by atomic mass is 9.88. The Labute approximate surface area is 166 Å². The lowest BCUT2D eigenvalue weighted by molar-refractivity contribution is -0.137. The molecule has 2 aliphatic rings. The Morgan fingerprint density at radius 2 is 1.96 bits per heavy atom. The lowest BCUT2D eigenvalue weighted by Gasteiger charge is -2.38. The van der Waals surface area contributed by atoms with Crippen LogP contribution in [0.15, 0.2) is 30.3 Å². The second-order valence-corrected chi connectivity index (χ2v) is 8.49. The Morgan fingerprint density at radius 1 is 1.25 bits per heavy atom. The standard InChI is InChI=1S/C21H30N4O3/c1-4-20(2,3)22-17(26)14-25-18(27)21(23-19(25)28)11-8-12-24(15-21)13-16-9-6-5-7-10-16/h5-7,9-10H,4,8,11-15H2,1-3H3,(H,22,26)(H,23,28). The topological polar surface area (TPSA) is 81.8 Å². The van der Waals surface area contributed by atoms with E-state index in [1.54, 1.807) is 0 Å². The lowest BCUT2D eigenvalue weighted by Crippen LogP contribution is -2.58. The molecule has 1 atom stereocenters. The van der Waals surface area contributed by atoms with Crippen molar-refractivity contribution in [3.63, 3.8) is 0 Å². The number of carbonyl (C=O) groups excluding carboxylic acids is 3. The number of hydrogen-bond acceptors (Lipinski definition) is 4. The molecule has 1 spiro atoms. The van der Waals surface area contributed by atoms with Crippen LogP contribution in [0, 0.1) is 0 Å². The highest BCUT2D eigenvalue weighted by Gasteiger charge is 2.53. The minimum atomic E-state index is -0.926. The molecule has 1 unspecified atom stereocenters. The van der Waals surface area contributed by atoms with Gasteiger partial charge in [0, 0.05) is 18.6 Å². The third kappa shape index (κ3) is 4.35. The van der Waals surface area contributed by atoms with Crippen molar-refractivity contribution in [3.05, 3.63) is 35.9 Å². The molecular weight excluding hydrogens is 356 g/mol. The summed E-state index contributed by atoms with van der Waals surface area (Å²) in [5.74, 6) is -0.607. The second kappa shape index (κ2) is 7.91. The Hall–Kier alpha value is -2.41. The first-order valence-electron chi connectivity index (χ1n) is 9.96. The summed E-state index contributed by atoms with van der Waals surface area (Å²) < 4.78 is 0. The van der Waals surface area contributed by atoms with Gasteiger partial charge in [-0.15, -0.1) is 0 Å². The molecule has 2 fully saturated rings. The predicted octanol–water partition coefficient (Wildman–Crippen LogP) is 1.88. The first-order chi connectivity index (χ1) is 13.2. The molecule has 0 radical (unpaired) electrons. The molecule has 0 aromatic heterocycles. The number of carbonyl (C=O) groups is 3. The molecule has 2 heterocycles. The van der Waals surface area contributed by atoms with Crippen molar-refractivity contribution in [3.8, 4) is 0 Å². The van der Waals surface area contributed by atoms with Crippen LogP contribution in [-0.4, -0.2) is 58.4 Å². The van der Waals surface area contributed by atoms with E-state index in [1.165, 1.54) is 5.56 Å². The van der Waals surface area contributed by atoms with Crippen molar-refractivity contribution in [2.24, 2.45) is 0 Å². The molecule has 0 bridgehead atoms. The van der Waals surface area contributed by atoms with Crippen LogP contribution in [0.3, 0.4) is 0 Å². The maximum absolute atomic E-state index is 13.1. The van der Waals surface area contributed by atoms with Gasteiger partial charge in [0.05, 0.1) is 0 Å². The predicted molar refractivity (Wildman–Crippen MR) is 106 cm³/mol. The molecule has 1 aromatic rings. The number of urea groups is 1. The minimum Gasteiger partial charge on any atom is -0.350 e. The van der Waals surface area contributed by atoms with Gasteiger partial charge in [-0.05, 0) is 45.2 Å². The number of hydrogen-bond donors (Lipinski definition) is 2. The van der Waals surface area contributed by atoms with Crippen LogP contribution in [-0.2, 0) is 16.1 Å². The van der Waals surface area contributed by atoms with E-state index in [1.807, 2.05) is 39.0 Å². The van der Waals surface area contributed by atoms with Gasteiger partial charge in [-0.25, -0.2) is 4.79 Å². The fraction of sp³-hybridized carbons (Fsp3) is 0.571. The Kier molecular flexibility index (Phi) is 5.74. The van der Waals surface area contributed by atoms with E-state index in [0.29, 0.717) is 13.0 Å². The fourth-order valence-electron chi connectivity index (χ4n) is 3.87. The third-order valence-electron chi connectivity index (χ3n) is 5.73. The van der Waals surface area contributed by atoms with Gasteiger partial charge in [0.15, 0.2) is 0 Å². The van der Waals surface area contributed by atoms with Crippen molar-refractivity contribution in [2.45, 2.75) is 57.7 Å². The van der Waals surface area contributed by atoms with Gasteiger partial charge in [0.1, 0.15) is 12.1 Å². The van der Waals surface area contributed by atoms with Crippen molar-refractivity contribution >= 4 is 17.8 Å². The zero-order valence-electron chi connectivity index (χ0n) is 17.0. The van der Waals surface area contributed by atoms with Gasteiger partial charge in [0.2, 0.25) is 5.91 Å². The summed E-state index contributed by atoms with van der Waals surface area (Å²) in [6.45, 7) is 7.65. The zero-order valence-corrected chi connectivity index (χ0v) is 17.0. The number of nitrogens with zero attached hydrogens (tertiary/aromatic N) is 2. The van der Waals surface area contributed by atoms with Crippen LogP contribution in [0.1, 0.15) is 45.6 Å². The molecular formula is C21H30N4O3. The first-order valence-corrected chi connectivity index (χ1v) is 9.96. The zero-order chi connectivity index (χ0) is 20.4. The molecule has 1 aromatic carbocycles. The number of rotatable bonds is 6.